The van der Waals surface area contributed by atoms with E-state index in [-0.39, 0.29) is 0 Å². The summed E-state index contributed by atoms with van der Waals surface area (Å²) < 4.78 is 0. The van der Waals surface area contributed by atoms with Crippen molar-refractivity contribution in [3.8, 4) is 0 Å². The van der Waals surface area contributed by atoms with Crippen LogP contribution in [0.2, 0.25) is 0 Å². The Bertz CT molecular complexity index is 153. The Hall–Kier alpha value is -0.530. The van der Waals surface area contributed by atoms with Gasteiger partial charge in [0.1, 0.15) is 0 Å². The molecule has 3 atom stereocenters. The molecule has 1 heterocycles. The van der Waals surface area contributed by atoms with Crippen LogP contribution in [0.1, 0.15) is 13.8 Å². The third kappa shape index (κ3) is 0.261. The lowest BCUT2D eigenvalue weighted by atomic mass is 10.3. The van der Waals surface area contributed by atoms with Gasteiger partial charge < -0.3 is 5.32 Å². The van der Waals surface area contributed by atoms with Gasteiger partial charge in [-0.15, -0.1) is 0 Å². The molecule has 0 radical (unpaired) electrons. The minimum atomic E-state index is 0.347. The zero-order chi connectivity index (χ0) is 5.78. The maximum absolute atomic E-state index is 4.23. The summed E-state index contributed by atoms with van der Waals surface area (Å²) in [5.41, 5.74) is 0.347. The number of nitrogens with zero attached hydrogens (tertiary/aromatic N) is 1. The molecule has 1 aliphatic heterocycles. The normalized spacial score (nSPS) is 57.8. The fraction of sp³-hybridized carbons (Fsp3) is 0.833. The molecular weight excluding hydrogens is 100 g/mol. The van der Waals surface area contributed by atoms with Gasteiger partial charge in [0.25, 0.3) is 0 Å². The molecule has 8 heavy (non-hydrogen) atoms. The summed E-state index contributed by atoms with van der Waals surface area (Å²) in [6, 6.07) is 0.586. The zero-order valence-electron chi connectivity index (χ0n) is 5.18. The lowest BCUT2D eigenvalue weighted by Crippen LogP contribution is -2.26. The molecule has 1 fully saturated rings. The largest absolute Gasteiger partial charge is 0.369 e. The predicted octanol–water partition coefficient (Wildman–Crippen LogP) is 0.395. The first-order valence-electron chi connectivity index (χ1n) is 3.04. The summed E-state index contributed by atoms with van der Waals surface area (Å²) in [5, 5.41) is 3.23. The van der Waals surface area contributed by atoms with E-state index in [0.717, 1.165) is 5.92 Å². The van der Waals surface area contributed by atoms with Crippen molar-refractivity contribution in [2.24, 2.45) is 10.9 Å². The van der Waals surface area contributed by atoms with Gasteiger partial charge in [-0.3, -0.25) is 4.99 Å². The quantitative estimate of drug-likeness (QED) is 0.479. The second kappa shape index (κ2) is 0.925. The van der Waals surface area contributed by atoms with Crippen molar-refractivity contribution in [3.63, 3.8) is 0 Å². The highest BCUT2D eigenvalue weighted by atomic mass is 15.2. The molecular formula is C6H10N2. The fourth-order valence-electron chi connectivity index (χ4n) is 1.46. The molecule has 2 aliphatic rings. The Balaban J connectivity index is 2.27. The van der Waals surface area contributed by atoms with Crippen molar-refractivity contribution in [3.05, 3.63) is 0 Å². The minimum absolute atomic E-state index is 0.347. The van der Waals surface area contributed by atoms with Gasteiger partial charge in [-0.1, -0.05) is 6.92 Å². The van der Waals surface area contributed by atoms with E-state index in [1.54, 1.807) is 0 Å². The van der Waals surface area contributed by atoms with Crippen LogP contribution in [0.15, 0.2) is 4.99 Å². The van der Waals surface area contributed by atoms with Crippen LogP contribution in [0.5, 0.6) is 0 Å². The van der Waals surface area contributed by atoms with Gasteiger partial charge in [0.05, 0.1) is 17.9 Å². The SMILES string of the molecule is CC1C2N=CN[C@@]12C. The van der Waals surface area contributed by atoms with Crippen LogP contribution in [0.3, 0.4) is 0 Å². The monoisotopic (exact) mass is 110 g/mol. The lowest BCUT2D eigenvalue weighted by molar-refractivity contribution is 0.624. The van der Waals surface area contributed by atoms with Crippen LogP contribution in [-0.4, -0.2) is 17.9 Å². The van der Waals surface area contributed by atoms with Gasteiger partial charge in [-0.2, -0.15) is 0 Å². The van der Waals surface area contributed by atoms with Gasteiger partial charge in [0.2, 0.25) is 0 Å². The van der Waals surface area contributed by atoms with Gasteiger partial charge in [0.15, 0.2) is 0 Å². The van der Waals surface area contributed by atoms with Gasteiger partial charge in [-0.25, -0.2) is 0 Å². The summed E-state index contributed by atoms with van der Waals surface area (Å²) in [6.07, 6.45) is 1.82. The maximum atomic E-state index is 4.23. The molecule has 2 nitrogen and oxygen atoms in total. The third-order valence-corrected chi connectivity index (χ3v) is 2.54. The van der Waals surface area contributed by atoms with E-state index < -0.39 is 0 Å². The molecule has 0 aromatic carbocycles. The van der Waals surface area contributed by atoms with E-state index in [2.05, 4.69) is 24.2 Å². The van der Waals surface area contributed by atoms with Gasteiger partial charge in [-0.05, 0) is 6.92 Å². The Morgan fingerprint density at radius 3 is 2.75 bits per heavy atom. The molecule has 2 unspecified atom stereocenters. The van der Waals surface area contributed by atoms with Crippen LogP contribution in [0.25, 0.3) is 0 Å². The second-order valence-corrected chi connectivity index (χ2v) is 2.94. The lowest BCUT2D eigenvalue weighted by Gasteiger charge is -2.03. The molecule has 0 spiro atoms. The molecule has 2 rings (SSSR count). The van der Waals surface area contributed by atoms with Crippen LogP contribution < -0.4 is 5.32 Å². The van der Waals surface area contributed by atoms with E-state index in [1.807, 2.05) is 6.34 Å². The van der Waals surface area contributed by atoms with Crippen LogP contribution in [0.4, 0.5) is 0 Å². The summed E-state index contributed by atoms with van der Waals surface area (Å²) >= 11 is 0. The van der Waals surface area contributed by atoms with Gasteiger partial charge in [0, 0.05) is 5.92 Å². The van der Waals surface area contributed by atoms with Crippen molar-refractivity contribution < 1.29 is 0 Å². The molecule has 2 heteroatoms. The Morgan fingerprint density at radius 2 is 2.50 bits per heavy atom. The molecule has 1 aliphatic carbocycles. The maximum Gasteiger partial charge on any atom is 0.0833 e. The number of rotatable bonds is 0. The third-order valence-electron chi connectivity index (χ3n) is 2.54. The van der Waals surface area contributed by atoms with Crippen molar-refractivity contribution in [1.82, 2.24) is 5.32 Å². The average Bonchev–Trinajstić information content (AvgIpc) is 2.23. The summed E-state index contributed by atoms with van der Waals surface area (Å²) in [7, 11) is 0. The highest BCUT2D eigenvalue weighted by molar-refractivity contribution is 5.63. The second-order valence-electron chi connectivity index (χ2n) is 2.94. The first kappa shape index (κ1) is 4.36. The van der Waals surface area contributed by atoms with Crippen molar-refractivity contribution >= 4 is 6.34 Å². The minimum Gasteiger partial charge on any atom is -0.369 e. The Labute approximate surface area is 49.0 Å². The highest BCUT2D eigenvalue weighted by Gasteiger charge is 2.60. The molecule has 1 saturated carbocycles. The first-order chi connectivity index (χ1) is 3.75. The molecule has 0 aromatic heterocycles. The molecule has 0 amide bonds. The van der Waals surface area contributed by atoms with Crippen molar-refractivity contribution in [1.29, 1.82) is 0 Å². The number of hydrogen-bond acceptors (Lipinski definition) is 2. The van der Waals surface area contributed by atoms with E-state index in [1.165, 1.54) is 0 Å². The highest BCUT2D eigenvalue weighted by Crippen LogP contribution is 2.47. The summed E-state index contributed by atoms with van der Waals surface area (Å²) in [5.74, 6) is 0.757. The van der Waals surface area contributed by atoms with Gasteiger partial charge >= 0.3 is 0 Å². The van der Waals surface area contributed by atoms with E-state index in [0.29, 0.717) is 11.6 Å². The Morgan fingerprint density at radius 1 is 1.75 bits per heavy atom. The Kier molecular flexibility index (Phi) is 0.504. The summed E-state index contributed by atoms with van der Waals surface area (Å²) in [6.45, 7) is 4.45. The standard InChI is InChI=1S/C6H10N2/c1-4-5-6(4,2)8-3-7-5/h3-5H,1-2H3,(H,7,8)/t4?,5?,6-/m0/s1. The summed E-state index contributed by atoms with van der Waals surface area (Å²) in [4.78, 5) is 4.23. The molecule has 44 valence electrons. The molecule has 0 aromatic rings. The number of nitrogens with one attached hydrogen (secondary N) is 1. The molecule has 1 N–H and O–H groups in total. The van der Waals surface area contributed by atoms with E-state index >= 15 is 0 Å². The fourth-order valence-corrected chi connectivity index (χ4v) is 1.46. The number of aliphatic imine (C=N–C) groups is 1. The zero-order valence-corrected chi connectivity index (χ0v) is 5.18. The van der Waals surface area contributed by atoms with Crippen LogP contribution >= 0.6 is 0 Å². The topological polar surface area (TPSA) is 24.4 Å². The number of hydrogen-bond donors (Lipinski definition) is 1. The van der Waals surface area contributed by atoms with E-state index in [9.17, 15) is 0 Å². The number of fused-ring (bicyclic) bond motifs is 1. The van der Waals surface area contributed by atoms with Crippen LogP contribution in [0, 0.1) is 5.92 Å². The van der Waals surface area contributed by atoms with Crippen molar-refractivity contribution in [2.75, 3.05) is 0 Å². The van der Waals surface area contributed by atoms with Crippen molar-refractivity contribution in [2.45, 2.75) is 25.4 Å². The predicted molar refractivity (Wildman–Crippen MR) is 33.0 cm³/mol. The smallest absolute Gasteiger partial charge is 0.0833 e. The molecule has 0 saturated heterocycles. The van der Waals surface area contributed by atoms with E-state index in [4.69, 9.17) is 0 Å². The average molecular weight is 110 g/mol. The molecule has 0 bridgehead atoms. The van der Waals surface area contributed by atoms with Crippen LogP contribution in [-0.2, 0) is 0 Å². The first-order valence-corrected chi connectivity index (χ1v) is 3.04.